The number of benzene rings is 1. The van der Waals surface area contributed by atoms with Gasteiger partial charge in [-0.15, -0.1) is 0 Å². The quantitative estimate of drug-likeness (QED) is 0.605. The molecule has 126 valence electrons. The van der Waals surface area contributed by atoms with Crippen molar-refractivity contribution in [2.24, 2.45) is 0 Å². The van der Waals surface area contributed by atoms with Crippen molar-refractivity contribution in [2.75, 3.05) is 25.5 Å². The number of hydrogen-bond acceptors (Lipinski definition) is 8. The van der Waals surface area contributed by atoms with Gasteiger partial charge in [-0.25, -0.2) is 4.98 Å². The minimum Gasteiger partial charge on any atom is -0.494 e. The molecule has 1 aromatic carbocycles. The minimum atomic E-state index is -0.988. The molecule has 1 saturated heterocycles. The Labute approximate surface area is 136 Å². The molecule has 1 aliphatic heterocycles. The van der Waals surface area contributed by atoms with Gasteiger partial charge in [0.1, 0.15) is 11.9 Å². The second-order valence-electron chi connectivity index (χ2n) is 5.00. The fraction of sp³-hybridized carbons (Fsp3) is 0.286. The average Bonchev–Trinajstić information content (AvgIpc) is 2.52. The molecule has 3 rings (SSSR count). The van der Waals surface area contributed by atoms with E-state index in [-0.39, 0.29) is 23.5 Å². The van der Waals surface area contributed by atoms with Crippen LogP contribution in [-0.4, -0.2) is 41.2 Å². The van der Waals surface area contributed by atoms with Gasteiger partial charge in [0.25, 0.3) is 0 Å². The predicted molar refractivity (Wildman–Crippen MR) is 82.2 cm³/mol. The van der Waals surface area contributed by atoms with Crippen LogP contribution < -0.4 is 20.1 Å². The molecular formula is C14H14FN5O4. The third kappa shape index (κ3) is 3.33. The van der Waals surface area contributed by atoms with E-state index in [9.17, 15) is 14.5 Å². The van der Waals surface area contributed by atoms with Crippen molar-refractivity contribution in [3.63, 3.8) is 0 Å². The molecule has 0 atom stereocenters. The van der Waals surface area contributed by atoms with Crippen molar-refractivity contribution in [1.82, 2.24) is 15.3 Å². The van der Waals surface area contributed by atoms with Crippen molar-refractivity contribution >= 4 is 17.3 Å². The number of aromatic nitrogens is 2. The molecule has 0 aliphatic carbocycles. The molecule has 0 saturated carbocycles. The van der Waals surface area contributed by atoms with Crippen LogP contribution in [0.3, 0.4) is 0 Å². The lowest BCUT2D eigenvalue weighted by atomic mass is 10.2. The van der Waals surface area contributed by atoms with Crippen LogP contribution in [0.4, 0.5) is 21.7 Å². The SMILES string of the molecule is COc1cc(F)c([N+](=O)[O-])cc1Nc1nccc(OC2CNC2)n1. The van der Waals surface area contributed by atoms with E-state index in [0.717, 1.165) is 25.2 Å². The first-order valence-corrected chi connectivity index (χ1v) is 7.06. The first kappa shape index (κ1) is 15.9. The normalized spacial score (nSPS) is 13.9. The van der Waals surface area contributed by atoms with E-state index in [1.165, 1.54) is 13.3 Å². The highest BCUT2D eigenvalue weighted by Crippen LogP contribution is 2.33. The van der Waals surface area contributed by atoms with E-state index in [0.29, 0.717) is 5.88 Å². The third-order valence-corrected chi connectivity index (χ3v) is 3.37. The lowest BCUT2D eigenvalue weighted by Gasteiger charge is -2.27. The highest BCUT2D eigenvalue weighted by Gasteiger charge is 2.21. The zero-order valence-electron chi connectivity index (χ0n) is 12.7. The van der Waals surface area contributed by atoms with Crippen LogP contribution in [0.1, 0.15) is 0 Å². The fourth-order valence-corrected chi connectivity index (χ4v) is 2.05. The number of nitro benzene ring substituents is 1. The minimum absolute atomic E-state index is 0.0502. The number of rotatable bonds is 6. The average molecular weight is 335 g/mol. The standard InChI is InChI=1S/C14H14FN5O4/c1-23-12-4-9(15)11(20(21)22)5-10(12)18-14-17-3-2-13(19-14)24-8-6-16-7-8/h2-5,8,16H,6-7H2,1H3,(H,17,18,19). The van der Waals surface area contributed by atoms with Gasteiger partial charge >= 0.3 is 5.69 Å². The Bertz CT molecular complexity index is 769. The number of hydrogen-bond donors (Lipinski definition) is 2. The van der Waals surface area contributed by atoms with Crippen LogP contribution in [0.2, 0.25) is 0 Å². The molecule has 2 N–H and O–H groups in total. The Hall–Kier alpha value is -3.01. The van der Waals surface area contributed by atoms with Crippen molar-refractivity contribution in [3.05, 3.63) is 40.3 Å². The smallest absolute Gasteiger partial charge is 0.307 e. The van der Waals surface area contributed by atoms with Gasteiger partial charge in [-0.2, -0.15) is 9.37 Å². The molecular weight excluding hydrogens is 321 g/mol. The maximum atomic E-state index is 13.7. The van der Waals surface area contributed by atoms with Crippen molar-refractivity contribution in [1.29, 1.82) is 0 Å². The van der Waals surface area contributed by atoms with E-state index in [2.05, 4.69) is 20.6 Å². The molecule has 0 amide bonds. The van der Waals surface area contributed by atoms with Crippen LogP contribution in [0.15, 0.2) is 24.4 Å². The lowest BCUT2D eigenvalue weighted by Crippen LogP contribution is -2.50. The van der Waals surface area contributed by atoms with Crippen LogP contribution >= 0.6 is 0 Å². The highest BCUT2D eigenvalue weighted by molar-refractivity contribution is 5.66. The summed E-state index contributed by atoms with van der Waals surface area (Å²) >= 11 is 0. The lowest BCUT2D eigenvalue weighted by molar-refractivity contribution is -0.387. The van der Waals surface area contributed by atoms with Gasteiger partial charge in [0.2, 0.25) is 17.6 Å². The number of methoxy groups -OCH3 is 1. The van der Waals surface area contributed by atoms with Crippen LogP contribution in [0, 0.1) is 15.9 Å². The van der Waals surface area contributed by atoms with Crippen molar-refractivity contribution < 1.29 is 18.8 Å². The van der Waals surface area contributed by atoms with E-state index < -0.39 is 16.4 Å². The van der Waals surface area contributed by atoms with E-state index in [1.54, 1.807) is 6.07 Å². The molecule has 0 spiro atoms. The Morgan fingerprint density at radius 1 is 1.46 bits per heavy atom. The second-order valence-corrected chi connectivity index (χ2v) is 5.00. The summed E-state index contributed by atoms with van der Waals surface area (Å²) < 4.78 is 24.3. The summed E-state index contributed by atoms with van der Waals surface area (Å²) in [6.45, 7) is 1.48. The predicted octanol–water partition coefficient (Wildman–Crippen LogP) is 1.63. The Morgan fingerprint density at radius 2 is 2.25 bits per heavy atom. The number of nitrogens with one attached hydrogen (secondary N) is 2. The van der Waals surface area contributed by atoms with Gasteiger partial charge in [0.15, 0.2) is 0 Å². The summed E-state index contributed by atoms with van der Waals surface area (Å²) in [5, 5.41) is 16.7. The summed E-state index contributed by atoms with van der Waals surface area (Å²) in [5.74, 6) is -0.373. The summed E-state index contributed by atoms with van der Waals surface area (Å²) in [4.78, 5) is 18.3. The molecule has 1 aliphatic rings. The highest BCUT2D eigenvalue weighted by atomic mass is 19.1. The van der Waals surface area contributed by atoms with Gasteiger partial charge in [0, 0.05) is 37.5 Å². The van der Waals surface area contributed by atoms with Crippen LogP contribution in [0.25, 0.3) is 0 Å². The topological polar surface area (TPSA) is 111 Å². The molecule has 1 aromatic heterocycles. The summed E-state index contributed by atoms with van der Waals surface area (Å²) in [6.07, 6.45) is 1.54. The summed E-state index contributed by atoms with van der Waals surface area (Å²) in [6, 6.07) is 3.57. The van der Waals surface area contributed by atoms with Crippen LogP contribution in [-0.2, 0) is 0 Å². The molecule has 2 heterocycles. The maximum Gasteiger partial charge on any atom is 0.307 e. The zero-order chi connectivity index (χ0) is 17.1. The molecule has 10 heteroatoms. The second kappa shape index (κ2) is 6.62. The molecule has 24 heavy (non-hydrogen) atoms. The van der Waals surface area contributed by atoms with E-state index >= 15 is 0 Å². The van der Waals surface area contributed by atoms with Gasteiger partial charge in [-0.3, -0.25) is 10.1 Å². The Kier molecular flexibility index (Phi) is 4.38. The van der Waals surface area contributed by atoms with Gasteiger partial charge in [-0.1, -0.05) is 0 Å². The molecule has 0 unspecified atom stereocenters. The van der Waals surface area contributed by atoms with Crippen LogP contribution in [0.5, 0.6) is 11.6 Å². The molecule has 1 fully saturated rings. The maximum absolute atomic E-state index is 13.7. The van der Waals surface area contributed by atoms with Gasteiger partial charge in [0.05, 0.1) is 17.7 Å². The number of anilines is 2. The first-order valence-electron chi connectivity index (χ1n) is 7.06. The number of nitro groups is 1. The Morgan fingerprint density at radius 3 is 2.88 bits per heavy atom. The molecule has 9 nitrogen and oxygen atoms in total. The zero-order valence-corrected chi connectivity index (χ0v) is 12.7. The molecule has 0 radical (unpaired) electrons. The first-order chi connectivity index (χ1) is 11.6. The monoisotopic (exact) mass is 335 g/mol. The molecule has 0 bridgehead atoms. The van der Waals surface area contributed by atoms with Gasteiger partial charge < -0.3 is 20.1 Å². The summed E-state index contributed by atoms with van der Waals surface area (Å²) in [5.41, 5.74) is -0.501. The van der Waals surface area contributed by atoms with E-state index in [1.807, 2.05) is 0 Å². The fourth-order valence-electron chi connectivity index (χ4n) is 2.05. The van der Waals surface area contributed by atoms with Gasteiger partial charge in [-0.05, 0) is 0 Å². The number of nitrogens with zero attached hydrogens (tertiary/aromatic N) is 3. The van der Waals surface area contributed by atoms with E-state index in [4.69, 9.17) is 9.47 Å². The number of halogens is 1. The largest absolute Gasteiger partial charge is 0.494 e. The summed E-state index contributed by atoms with van der Waals surface area (Å²) in [7, 11) is 1.33. The van der Waals surface area contributed by atoms with Crippen molar-refractivity contribution in [3.8, 4) is 11.6 Å². The van der Waals surface area contributed by atoms with Crippen molar-refractivity contribution in [2.45, 2.75) is 6.10 Å². The molecule has 2 aromatic rings. The number of ether oxygens (including phenoxy) is 2. The third-order valence-electron chi connectivity index (χ3n) is 3.37. The Balaban J connectivity index is 1.85.